The highest BCUT2D eigenvalue weighted by molar-refractivity contribution is 4.88. The molecule has 76 valence electrons. The van der Waals surface area contributed by atoms with E-state index < -0.39 is 0 Å². The van der Waals surface area contributed by atoms with Crippen molar-refractivity contribution in [2.45, 2.75) is 51.1 Å². The lowest BCUT2D eigenvalue weighted by Crippen LogP contribution is -2.50. The molecular weight excluding hydrogens is 162 g/mol. The fraction of sp³-hybridized carbons (Fsp3) is 1.00. The second kappa shape index (κ2) is 4.43. The first-order valence-corrected chi connectivity index (χ1v) is 5.74. The van der Waals surface area contributed by atoms with Crippen LogP contribution in [0.3, 0.4) is 0 Å². The molecule has 1 aliphatic carbocycles. The third kappa shape index (κ3) is 2.23. The molecular formula is C11H21NO. The van der Waals surface area contributed by atoms with Crippen molar-refractivity contribution in [3.8, 4) is 0 Å². The summed E-state index contributed by atoms with van der Waals surface area (Å²) in [5, 5.41) is 3.73. The van der Waals surface area contributed by atoms with Gasteiger partial charge in [0.2, 0.25) is 0 Å². The number of hydrogen-bond donors (Lipinski definition) is 1. The highest BCUT2D eigenvalue weighted by Crippen LogP contribution is 2.30. The van der Waals surface area contributed by atoms with Gasteiger partial charge in [-0.05, 0) is 31.6 Å². The van der Waals surface area contributed by atoms with Crippen LogP contribution in [0.15, 0.2) is 0 Å². The quantitative estimate of drug-likeness (QED) is 0.722. The molecule has 2 nitrogen and oxygen atoms in total. The van der Waals surface area contributed by atoms with Crippen LogP contribution >= 0.6 is 0 Å². The Morgan fingerprint density at radius 1 is 1.31 bits per heavy atom. The van der Waals surface area contributed by atoms with Crippen molar-refractivity contribution in [1.82, 2.24) is 5.32 Å². The zero-order valence-corrected chi connectivity index (χ0v) is 8.59. The fourth-order valence-corrected chi connectivity index (χ4v) is 2.45. The summed E-state index contributed by atoms with van der Waals surface area (Å²) in [6.45, 7) is 4.21. The van der Waals surface area contributed by atoms with E-state index in [1.54, 1.807) is 0 Å². The first-order chi connectivity index (χ1) is 6.40. The molecule has 2 rings (SSSR count). The number of ether oxygens (including phenoxy) is 1. The predicted molar refractivity (Wildman–Crippen MR) is 53.8 cm³/mol. The van der Waals surface area contributed by atoms with Crippen LogP contribution < -0.4 is 5.32 Å². The van der Waals surface area contributed by atoms with Gasteiger partial charge < -0.3 is 10.1 Å². The molecule has 2 aliphatic rings. The minimum absolute atomic E-state index is 0.646. The van der Waals surface area contributed by atoms with Crippen molar-refractivity contribution >= 4 is 0 Å². The first kappa shape index (κ1) is 9.47. The van der Waals surface area contributed by atoms with E-state index in [0.29, 0.717) is 6.04 Å². The molecule has 0 radical (unpaired) electrons. The summed E-state index contributed by atoms with van der Waals surface area (Å²) >= 11 is 0. The largest absolute Gasteiger partial charge is 0.380 e. The van der Waals surface area contributed by atoms with Crippen LogP contribution in [0.2, 0.25) is 0 Å². The van der Waals surface area contributed by atoms with Crippen molar-refractivity contribution in [3.63, 3.8) is 0 Å². The average Bonchev–Trinajstić information content (AvgIpc) is 2.15. The van der Waals surface area contributed by atoms with Gasteiger partial charge in [0.05, 0.1) is 6.61 Å². The van der Waals surface area contributed by atoms with Gasteiger partial charge in [0.1, 0.15) is 0 Å². The second-order valence-corrected chi connectivity index (χ2v) is 4.43. The summed E-state index contributed by atoms with van der Waals surface area (Å²) < 4.78 is 5.46. The zero-order valence-electron chi connectivity index (χ0n) is 8.59. The molecule has 2 heteroatoms. The van der Waals surface area contributed by atoms with Gasteiger partial charge >= 0.3 is 0 Å². The van der Waals surface area contributed by atoms with Gasteiger partial charge in [-0.1, -0.05) is 13.3 Å². The van der Waals surface area contributed by atoms with Crippen molar-refractivity contribution in [1.29, 1.82) is 0 Å². The molecule has 1 saturated heterocycles. The van der Waals surface area contributed by atoms with E-state index in [1.165, 1.54) is 32.1 Å². The maximum Gasteiger partial charge on any atom is 0.0619 e. The highest BCUT2D eigenvalue weighted by Gasteiger charge is 2.31. The lowest BCUT2D eigenvalue weighted by Gasteiger charge is -2.40. The molecule has 1 heterocycles. The van der Waals surface area contributed by atoms with E-state index in [4.69, 9.17) is 4.74 Å². The van der Waals surface area contributed by atoms with Crippen LogP contribution in [0.25, 0.3) is 0 Å². The fourth-order valence-electron chi connectivity index (χ4n) is 2.45. The first-order valence-electron chi connectivity index (χ1n) is 5.74. The van der Waals surface area contributed by atoms with E-state index in [-0.39, 0.29) is 0 Å². The maximum atomic E-state index is 5.46. The summed E-state index contributed by atoms with van der Waals surface area (Å²) in [4.78, 5) is 0. The molecule has 0 amide bonds. The monoisotopic (exact) mass is 183 g/mol. The summed E-state index contributed by atoms with van der Waals surface area (Å²) in [7, 11) is 0. The molecule has 2 unspecified atom stereocenters. The third-order valence-corrected chi connectivity index (χ3v) is 3.55. The van der Waals surface area contributed by atoms with E-state index in [1.807, 2.05) is 0 Å². The van der Waals surface area contributed by atoms with E-state index >= 15 is 0 Å². The number of nitrogens with one attached hydrogen (secondary N) is 1. The average molecular weight is 183 g/mol. The van der Waals surface area contributed by atoms with Crippen LogP contribution in [0.4, 0.5) is 0 Å². The van der Waals surface area contributed by atoms with Crippen LogP contribution in [0.5, 0.6) is 0 Å². The standard InChI is InChI=1S/C11H21NO/c1-2-9-5-6-11(9)12-10-4-3-7-13-8-10/h9-12H,2-8H2,1H3/t9?,10-,11?/m1/s1. The summed E-state index contributed by atoms with van der Waals surface area (Å²) in [5.41, 5.74) is 0. The second-order valence-electron chi connectivity index (χ2n) is 4.43. The van der Waals surface area contributed by atoms with Crippen LogP contribution in [0.1, 0.15) is 39.0 Å². The highest BCUT2D eigenvalue weighted by atomic mass is 16.5. The molecule has 2 fully saturated rings. The molecule has 3 atom stereocenters. The molecule has 0 bridgehead atoms. The van der Waals surface area contributed by atoms with Crippen molar-refractivity contribution < 1.29 is 4.74 Å². The minimum atomic E-state index is 0.646. The van der Waals surface area contributed by atoms with Crippen molar-refractivity contribution in [2.24, 2.45) is 5.92 Å². The van der Waals surface area contributed by atoms with Gasteiger partial charge in [-0.2, -0.15) is 0 Å². The molecule has 0 aromatic heterocycles. The summed E-state index contributed by atoms with van der Waals surface area (Å²) in [6, 6.07) is 1.45. The van der Waals surface area contributed by atoms with Gasteiger partial charge in [0.15, 0.2) is 0 Å². The molecule has 13 heavy (non-hydrogen) atoms. The molecule has 1 N–H and O–H groups in total. The van der Waals surface area contributed by atoms with Gasteiger partial charge in [0.25, 0.3) is 0 Å². The van der Waals surface area contributed by atoms with E-state index in [2.05, 4.69) is 12.2 Å². The third-order valence-electron chi connectivity index (χ3n) is 3.55. The van der Waals surface area contributed by atoms with Gasteiger partial charge in [-0.3, -0.25) is 0 Å². The normalized spacial score (nSPS) is 39.9. The molecule has 0 spiro atoms. The molecule has 1 saturated carbocycles. The predicted octanol–water partition coefficient (Wildman–Crippen LogP) is 1.94. The maximum absolute atomic E-state index is 5.46. The Balaban J connectivity index is 1.70. The topological polar surface area (TPSA) is 21.3 Å². The minimum Gasteiger partial charge on any atom is -0.380 e. The summed E-state index contributed by atoms with van der Waals surface area (Å²) in [5.74, 6) is 0.946. The Morgan fingerprint density at radius 2 is 2.23 bits per heavy atom. The Labute approximate surface area is 81.0 Å². The van der Waals surface area contributed by atoms with Crippen LogP contribution in [0, 0.1) is 5.92 Å². The van der Waals surface area contributed by atoms with Crippen molar-refractivity contribution in [2.75, 3.05) is 13.2 Å². The summed E-state index contributed by atoms with van der Waals surface area (Å²) in [6.07, 6.45) is 6.70. The van der Waals surface area contributed by atoms with Gasteiger partial charge in [-0.15, -0.1) is 0 Å². The van der Waals surface area contributed by atoms with Crippen molar-refractivity contribution in [3.05, 3.63) is 0 Å². The SMILES string of the molecule is CCC1CCC1N[C@@H]1CCCOC1. The van der Waals surface area contributed by atoms with E-state index in [9.17, 15) is 0 Å². The Bertz CT molecular complexity index is 152. The van der Waals surface area contributed by atoms with Crippen LogP contribution in [-0.2, 0) is 4.74 Å². The Hall–Kier alpha value is -0.0800. The smallest absolute Gasteiger partial charge is 0.0619 e. The molecule has 1 aliphatic heterocycles. The van der Waals surface area contributed by atoms with E-state index in [0.717, 1.165) is 25.2 Å². The van der Waals surface area contributed by atoms with Gasteiger partial charge in [0, 0.05) is 18.7 Å². The van der Waals surface area contributed by atoms with Gasteiger partial charge in [-0.25, -0.2) is 0 Å². The lowest BCUT2D eigenvalue weighted by atomic mass is 9.77. The lowest BCUT2D eigenvalue weighted by molar-refractivity contribution is 0.0530. The number of hydrogen-bond acceptors (Lipinski definition) is 2. The molecule has 0 aromatic rings. The Morgan fingerprint density at radius 3 is 2.77 bits per heavy atom. The Kier molecular flexibility index (Phi) is 3.23. The zero-order chi connectivity index (χ0) is 9.10. The van der Waals surface area contributed by atoms with Crippen LogP contribution in [-0.4, -0.2) is 25.3 Å². The molecule has 0 aromatic carbocycles. The number of rotatable bonds is 3.